The first-order valence-electron chi connectivity index (χ1n) is 8.91. The minimum Gasteiger partial charge on any atom is -0.462 e. The first-order valence-corrected chi connectivity index (χ1v) is 8.91. The number of aryl methyl sites for hydroxylation is 1. The molecule has 1 aromatic heterocycles. The third kappa shape index (κ3) is 4.32. The van der Waals surface area contributed by atoms with Crippen molar-refractivity contribution in [3.8, 4) is 5.69 Å². The van der Waals surface area contributed by atoms with Gasteiger partial charge in [-0.1, -0.05) is 17.7 Å². The Balaban J connectivity index is 1.87. The van der Waals surface area contributed by atoms with Crippen LogP contribution in [-0.4, -0.2) is 28.0 Å². The van der Waals surface area contributed by atoms with Gasteiger partial charge in [-0.25, -0.2) is 14.2 Å². The Morgan fingerprint density at radius 2 is 1.69 bits per heavy atom. The Labute approximate surface area is 165 Å². The predicted octanol–water partition coefficient (Wildman–Crippen LogP) is 2.26. The molecule has 1 heterocycles. The van der Waals surface area contributed by atoms with Gasteiger partial charge in [0.1, 0.15) is 5.56 Å². The number of nitrogens with one attached hydrogen (secondary N) is 2. The molecule has 1 amide bonds. The van der Waals surface area contributed by atoms with Gasteiger partial charge in [-0.2, -0.15) is 0 Å². The number of ether oxygens (including phenoxy) is 1. The van der Waals surface area contributed by atoms with E-state index < -0.39 is 23.1 Å². The van der Waals surface area contributed by atoms with Gasteiger partial charge < -0.3 is 15.0 Å². The van der Waals surface area contributed by atoms with Crippen LogP contribution in [0.25, 0.3) is 5.69 Å². The number of benzene rings is 2. The molecule has 0 saturated heterocycles. The molecule has 0 aliphatic rings. The molecular formula is C21H19N3O5. The minimum absolute atomic E-state index is 0.223. The maximum Gasteiger partial charge on any atom is 0.338 e. The number of aromatic nitrogens is 2. The monoisotopic (exact) mass is 393 g/mol. The molecule has 0 spiro atoms. The number of H-pyrrole nitrogens is 1. The second-order valence-corrected chi connectivity index (χ2v) is 6.24. The molecule has 0 unspecified atom stereocenters. The average molecular weight is 393 g/mol. The molecule has 0 saturated carbocycles. The maximum atomic E-state index is 12.7. The van der Waals surface area contributed by atoms with E-state index >= 15 is 0 Å². The maximum absolute atomic E-state index is 12.7. The standard InChI is InChI=1S/C21H19N3O5/c1-3-29-20(27)14-6-8-15(9-7-14)23-18(25)17-12-22-21(28)24(19(17)26)16-10-4-13(2)5-11-16/h4-12H,3H2,1-2H3,(H,22,28)(H,23,25). The van der Waals surface area contributed by atoms with Gasteiger partial charge in [-0.15, -0.1) is 0 Å². The number of rotatable bonds is 5. The largest absolute Gasteiger partial charge is 0.462 e. The second kappa shape index (κ2) is 8.39. The van der Waals surface area contributed by atoms with E-state index in [1.54, 1.807) is 31.2 Å². The van der Waals surface area contributed by atoms with Crippen LogP contribution in [0.3, 0.4) is 0 Å². The van der Waals surface area contributed by atoms with Crippen LogP contribution in [0.1, 0.15) is 33.2 Å². The highest BCUT2D eigenvalue weighted by Crippen LogP contribution is 2.12. The summed E-state index contributed by atoms with van der Waals surface area (Å²) in [6.45, 7) is 3.85. The van der Waals surface area contributed by atoms with Crippen molar-refractivity contribution >= 4 is 17.6 Å². The summed E-state index contributed by atoms with van der Waals surface area (Å²) in [5.74, 6) is -1.15. The third-order valence-electron chi connectivity index (χ3n) is 4.17. The highest BCUT2D eigenvalue weighted by molar-refractivity contribution is 6.04. The highest BCUT2D eigenvalue weighted by atomic mass is 16.5. The zero-order valence-electron chi connectivity index (χ0n) is 15.9. The number of amides is 1. The van der Waals surface area contributed by atoms with Crippen LogP contribution in [-0.2, 0) is 4.74 Å². The van der Waals surface area contributed by atoms with Gasteiger partial charge in [0.05, 0.1) is 17.9 Å². The molecule has 8 nitrogen and oxygen atoms in total. The number of carbonyl (C=O) groups is 2. The van der Waals surface area contributed by atoms with Gasteiger partial charge >= 0.3 is 11.7 Å². The molecule has 0 atom stereocenters. The first kappa shape index (κ1) is 19.8. The molecule has 0 bridgehead atoms. The van der Waals surface area contributed by atoms with Crippen molar-refractivity contribution in [3.63, 3.8) is 0 Å². The summed E-state index contributed by atoms with van der Waals surface area (Å²) >= 11 is 0. The number of hydrogen-bond donors (Lipinski definition) is 2. The SMILES string of the molecule is CCOC(=O)c1ccc(NC(=O)c2c[nH]c(=O)n(-c3ccc(C)cc3)c2=O)cc1. The van der Waals surface area contributed by atoms with Crippen LogP contribution in [0.15, 0.2) is 64.3 Å². The lowest BCUT2D eigenvalue weighted by Crippen LogP contribution is -2.38. The Hall–Kier alpha value is -3.94. The molecule has 3 rings (SSSR count). The van der Waals surface area contributed by atoms with Crippen molar-refractivity contribution < 1.29 is 14.3 Å². The number of anilines is 1. The summed E-state index contributed by atoms with van der Waals surface area (Å²) < 4.78 is 5.80. The number of esters is 1. The van der Waals surface area contributed by atoms with E-state index in [0.29, 0.717) is 16.9 Å². The molecule has 148 valence electrons. The van der Waals surface area contributed by atoms with E-state index in [9.17, 15) is 19.2 Å². The number of aromatic amines is 1. The smallest absolute Gasteiger partial charge is 0.338 e. The fourth-order valence-electron chi connectivity index (χ4n) is 2.67. The van der Waals surface area contributed by atoms with E-state index in [1.165, 1.54) is 24.3 Å². The van der Waals surface area contributed by atoms with E-state index in [4.69, 9.17) is 4.74 Å². The van der Waals surface area contributed by atoms with Crippen molar-refractivity contribution in [2.24, 2.45) is 0 Å². The van der Waals surface area contributed by atoms with E-state index in [0.717, 1.165) is 16.3 Å². The first-order chi connectivity index (χ1) is 13.9. The topological polar surface area (TPSA) is 110 Å². The van der Waals surface area contributed by atoms with Gasteiger partial charge in [0.25, 0.3) is 11.5 Å². The van der Waals surface area contributed by atoms with E-state index in [2.05, 4.69) is 10.3 Å². The van der Waals surface area contributed by atoms with Crippen molar-refractivity contribution in [1.82, 2.24) is 9.55 Å². The van der Waals surface area contributed by atoms with Crippen molar-refractivity contribution in [1.29, 1.82) is 0 Å². The Kier molecular flexibility index (Phi) is 5.73. The Morgan fingerprint density at radius 1 is 1.03 bits per heavy atom. The van der Waals surface area contributed by atoms with Crippen LogP contribution in [0.4, 0.5) is 5.69 Å². The summed E-state index contributed by atoms with van der Waals surface area (Å²) in [6.07, 6.45) is 1.08. The molecule has 2 N–H and O–H groups in total. The fourth-order valence-corrected chi connectivity index (χ4v) is 2.67. The Bertz CT molecular complexity index is 1160. The van der Waals surface area contributed by atoms with Gasteiger partial charge in [0.15, 0.2) is 0 Å². The molecule has 3 aromatic rings. The predicted molar refractivity (Wildman–Crippen MR) is 108 cm³/mol. The van der Waals surface area contributed by atoms with Gasteiger partial charge in [-0.05, 0) is 50.2 Å². The number of carbonyl (C=O) groups excluding carboxylic acids is 2. The van der Waals surface area contributed by atoms with Crippen LogP contribution in [0, 0.1) is 6.92 Å². The molecule has 0 aliphatic heterocycles. The lowest BCUT2D eigenvalue weighted by Gasteiger charge is -2.09. The summed E-state index contributed by atoms with van der Waals surface area (Å²) in [5.41, 5.74) is 0.451. The van der Waals surface area contributed by atoms with Crippen LogP contribution < -0.4 is 16.6 Å². The van der Waals surface area contributed by atoms with Crippen LogP contribution >= 0.6 is 0 Å². The van der Waals surface area contributed by atoms with Crippen LogP contribution in [0.5, 0.6) is 0 Å². The van der Waals surface area contributed by atoms with Crippen molar-refractivity contribution in [2.45, 2.75) is 13.8 Å². The van der Waals surface area contributed by atoms with Crippen LogP contribution in [0.2, 0.25) is 0 Å². The lowest BCUT2D eigenvalue weighted by molar-refractivity contribution is 0.0526. The molecule has 0 aliphatic carbocycles. The molecule has 2 aromatic carbocycles. The molecular weight excluding hydrogens is 374 g/mol. The molecule has 0 fully saturated rings. The van der Waals surface area contributed by atoms with Crippen molar-refractivity contribution in [3.05, 3.63) is 92.3 Å². The minimum atomic E-state index is -0.738. The summed E-state index contributed by atoms with van der Waals surface area (Å²) in [4.78, 5) is 51.5. The summed E-state index contributed by atoms with van der Waals surface area (Å²) in [5, 5.41) is 2.58. The van der Waals surface area contributed by atoms with E-state index in [-0.39, 0.29) is 12.2 Å². The number of nitrogens with zero attached hydrogens (tertiary/aromatic N) is 1. The lowest BCUT2D eigenvalue weighted by atomic mass is 10.2. The molecule has 0 radical (unpaired) electrons. The normalized spacial score (nSPS) is 10.4. The summed E-state index contributed by atoms with van der Waals surface area (Å²) in [7, 11) is 0. The fraction of sp³-hybridized carbons (Fsp3) is 0.143. The highest BCUT2D eigenvalue weighted by Gasteiger charge is 2.16. The zero-order chi connectivity index (χ0) is 21.0. The van der Waals surface area contributed by atoms with Gasteiger partial charge in [-0.3, -0.25) is 9.59 Å². The zero-order valence-corrected chi connectivity index (χ0v) is 15.9. The molecule has 29 heavy (non-hydrogen) atoms. The van der Waals surface area contributed by atoms with Gasteiger partial charge in [0.2, 0.25) is 0 Å². The second-order valence-electron chi connectivity index (χ2n) is 6.24. The summed E-state index contributed by atoms with van der Waals surface area (Å²) in [6, 6.07) is 12.8. The Morgan fingerprint density at radius 3 is 2.31 bits per heavy atom. The number of hydrogen-bond acceptors (Lipinski definition) is 5. The quantitative estimate of drug-likeness (QED) is 0.646. The molecule has 8 heteroatoms. The van der Waals surface area contributed by atoms with Gasteiger partial charge in [0, 0.05) is 11.9 Å². The van der Waals surface area contributed by atoms with E-state index in [1.807, 2.05) is 6.92 Å². The third-order valence-corrected chi connectivity index (χ3v) is 4.17. The average Bonchev–Trinajstić information content (AvgIpc) is 2.70. The van der Waals surface area contributed by atoms with Crippen molar-refractivity contribution in [2.75, 3.05) is 11.9 Å².